The number of carboxylic acids is 1. The summed E-state index contributed by atoms with van der Waals surface area (Å²) in [5, 5.41) is 9.31. The summed E-state index contributed by atoms with van der Waals surface area (Å²) in [5.41, 5.74) is 0. The van der Waals surface area contributed by atoms with Crippen molar-refractivity contribution in [3.63, 3.8) is 0 Å². The van der Waals surface area contributed by atoms with Crippen LogP contribution in [0.5, 0.6) is 0 Å². The minimum Gasteiger partial charge on any atom is -0.480 e. The average molecular weight is 220 g/mol. The third-order valence-corrected chi connectivity index (χ3v) is 4.81. The van der Waals surface area contributed by atoms with Crippen molar-refractivity contribution in [3.05, 3.63) is 0 Å². The third kappa shape index (κ3) is 1.27. The van der Waals surface area contributed by atoms with Crippen molar-refractivity contribution in [2.75, 3.05) is 6.54 Å². The highest BCUT2D eigenvalue weighted by molar-refractivity contribution is 6.64. The van der Waals surface area contributed by atoms with Crippen LogP contribution in [0.3, 0.4) is 0 Å². The Bertz CT molecular complexity index is 335. The van der Waals surface area contributed by atoms with Crippen LogP contribution in [-0.2, 0) is 9.59 Å². The SMILES string of the molecule is O=C[B]N1CC2C3CCC(C3)C2C1C(=O)O. The van der Waals surface area contributed by atoms with Crippen LogP contribution in [0.4, 0.5) is 0 Å². The molecule has 0 aromatic heterocycles. The average Bonchev–Trinajstić information content (AvgIpc) is 2.85. The molecule has 85 valence electrons. The Morgan fingerprint density at radius 1 is 1.38 bits per heavy atom. The van der Waals surface area contributed by atoms with E-state index in [0.717, 1.165) is 6.54 Å². The van der Waals surface area contributed by atoms with Gasteiger partial charge in [-0.25, -0.2) is 0 Å². The molecule has 0 spiro atoms. The number of nitrogens with zero attached hydrogens (tertiary/aromatic N) is 1. The van der Waals surface area contributed by atoms with E-state index in [0.29, 0.717) is 23.9 Å². The molecule has 1 heterocycles. The van der Waals surface area contributed by atoms with Gasteiger partial charge in [-0.1, -0.05) is 0 Å². The zero-order chi connectivity index (χ0) is 11.3. The molecule has 5 atom stereocenters. The van der Waals surface area contributed by atoms with Crippen LogP contribution < -0.4 is 0 Å². The van der Waals surface area contributed by atoms with E-state index in [-0.39, 0.29) is 5.92 Å². The lowest BCUT2D eigenvalue weighted by atomic mass is 9.78. The number of aliphatic carboxylic acids is 1. The van der Waals surface area contributed by atoms with Gasteiger partial charge in [0.1, 0.15) is 6.04 Å². The van der Waals surface area contributed by atoms with Crippen molar-refractivity contribution in [2.24, 2.45) is 23.7 Å². The zero-order valence-electron chi connectivity index (χ0n) is 9.08. The summed E-state index contributed by atoms with van der Waals surface area (Å²) in [6, 6.07) is -0.453. The molecule has 3 rings (SSSR count). The molecule has 2 saturated carbocycles. The van der Waals surface area contributed by atoms with E-state index in [1.54, 1.807) is 4.81 Å². The topological polar surface area (TPSA) is 57.6 Å². The monoisotopic (exact) mass is 220 g/mol. The smallest absolute Gasteiger partial charge is 0.320 e. The minimum atomic E-state index is -0.766. The van der Waals surface area contributed by atoms with Crippen LogP contribution in [0, 0.1) is 23.7 Å². The van der Waals surface area contributed by atoms with E-state index in [1.165, 1.54) is 26.7 Å². The Hall–Kier alpha value is -0.835. The number of rotatable bonds is 3. The van der Waals surface area contributed by atoms with Gasteiger partial charge >= 0.3 is 5.97 Å². The van der Waals surface area contributed by atoms with Crippen molar-refractivity contribution < 1.29 is 14.7 Å². The van der Waals surface area contributed by atoms with Crippen molar-refractivity contribution in [1.29, 1.82) is 0 Å². The van der Waals surface area contributed by atoms with Gasteiger partial charge in [0, 0.05) is 0 Å². The van der Waals surface area contributed by atoms with Gasteiger partial charge in [-0.15, -0.1) is 0 Å². The second-order valence-corrected chi connectivity index (χ2v) is 5.34. The lowest BCUT2D eigenvalue weighted by Crippen LogP contribution is -2.43. The number of hydrogen-bond acceptors (Lipinski definition) is 3. The highest BCUT2D eigenvalue weighted by Crippen LogP contribution is 2.57. The molecule has 1 N–H and O–H groups in total. The predicted octanol–water partition coefficient (Wildman–Crippen LogP) is 0.227. The number of hydrogen-bond donors (Lipinski definition) is 1. The molecule has 1 saturated heterocycles. The van der Waals surface area contributed by atoms with Gasteiger partial charge in [0.25, 0.3) is 7.41 Å². The third-order valence-electron chi connectivity index (χ3n) is 4.81. The Labute approximate surface area is 95.3 Å². The van der Waals surface area contributed by atoms with Crippen LogP contribution in [0.2, 0.25) is 0 Å². The molecule has 0 aromatic carbocycles. The molecule has 0 aromatic rings. The summed E-state index contributed by atoms with van der Waals surface area (Å²) in [4.78, 5) is 23.6. The molecule has 16 heavy (non-hydrogen) atoms. The van der Waals surface area contributed by atoms with E-state index in [1.807, 2.05) is 0 Å². The first-order valence-corrected chi connectivity index (χ1v) is 5.99. The molecule has 5 heteroatoms. The molecule has 1 aliphatic heterocycles. The normalized spacial score (nSPS) is 45.6. The van der Waals surface area contributed by atoms with Gasteiger partial charge in [0.2, 0.25) is 0 Å². The van der Waals surface area contributed by atoms with Crippen molar-refractivity contribution in [1.82, 2.24) is 4.81 Å². The first-order chi connectivity index (χ1) is 7.72. The predicted molar refractivity (Wildman–Crippen MR) is 58.4 cm³/mol. The Balaban J connectivity index is 1.86. The number of fused-ring (bicyclic) bond motifs is 5. The van der Waals surface area contributed by atoms with Gasteiger partial charge in [-0.05, 0) is 49.5 Å². The van der Waals surface area contributed by atoms with Gasteiger partial charge in [0.05, 0.1) is 6.19 Å². The van der Waals surface area contributed by atoms with Gasteiger partial charge in [-0.3, -0.25) is 4.79 Å². The summed E-state index contributed by atoms with van der Waals surface area (Å²) < 4.78 is 0. The number of carbonyl (C=O) groups excluding carboxylic acids is 1. The van der Waals surface area contributed by atoms with Crippen molar-refractivity contribution in [3.8, 4) is 0 Å². The van der Waals surface area contributed by atoms with Crippen LogP contribution in [0.1, 0.15) is 19.3 Å². The van der Waals surface area contributed by atoms with E-state index in [4.69, 9.17) is 0 Å². The fourth-order valence-electron chi connectivity index (χ4n) is 4.33. The van der Waals surface area contributed by atoms with Crippen LogP contribution in [0.25, 0.3) is 0 Å². The molecular weight excluding hydrogens is 205 g/mol. The van der Waals surface area contributed by atoms with Gasteiger partial charge in [0.15, 0.2) is 0 Å². The van der Waals surface area contributed by atoms with Gasteiger partial charge < -0.3 is 14.7 Å². The fourth-order valence-corrected chi connectivity index (χ4v) is 4.33. The second kappa shape index (κ2) is 3.59. The maximum Gasteiger partial charge on any atom is 0.320 e. The summed E-state index contributed by atoms with van der Waals surface area (Å²) in [6.07, 6.45) is 4.37. The highest BCUT2D eigenvalue weighted by atomic mass is 16.4. The van der Waals surface area contributed by atoms with E-state index < -0.39 is 12.0 Å². The zero-order valence-corrected chi connectivity index (χ0v) is 9.08. The number of carbonyl (C=O) groups is 2. The Morgan fingerprint density at radius 3 is 2.81 bits per heavy atom. The van der Waals surface area contributed by atoms with E-state index in [2.05, 4.69) is 0 Å². The maximum atomic E-state index is 11.3. The van der Waals surface area contributed by atoms with Gasteiger partial charge in [-0.2, -0.15) is 0 Å². The quantitative estimate of drug-likeness (QED) is 0.546. The second-order valence-electron chi connectivity index (χ2n) is 5.34. The summed E-state index contributed by atoms with van der Waals surface area (Å²) in [7, 11) is 1.41. The van der Waals surface area contributed by atoms with Crippen molar-refractivity contribution in [2.45, 2.75) is 25.3 Å². The van der Waals surface area contributed by atoms with Crippen LogP contribution in [-0.4, -0.2) is 42.1 Å². The maximum absolute atomic E-state index is 11.3. The van der Waals surface area contributed by atoms with Crippen LogP contribution >= 0.6 is 0 Å². The minimum absolute atomic E-state index is 0.285. The summed E-state index contributed by atoms with van der Waals surface area (Å²) in [5.74, 6) is 1.32. The Morgan fingerprint density at radius 2 is 2.12 bits per heavy atom. The summed E-state index contributed by atoms with van der Waals surface area (Å²) in [6.45, 7) is 0.765. The molecular formula is C11H15BNO3. The molecule has 1 radical (unpaired) electrons. The molecule has 2 aliphatic carbocycles. The molecule has 2 bridgehead atoms. The van der Waals surface area contributed by atoms with Crippen molar-refractivity contribution >= 4 is 19.6 Å². The largest absolute Gasteiger partial charge is 0.480 e. The first kappa shape index (κ1) is 10.3. The Kier molecular flexibility index (Phi) is 2.31. The lowest BCUT2D eigenvalue weighted by molar-refractivity contribution is -0.142. The van der Waals surface area contributed by atoms with E-state index in [9.17, 15) is 14.7 Å². The first-order valence-electron chi connectivity index (χ1n) is 5.99. The molecule has 3 fully saturated rings. The standard InChI is InChI=1S/C11H15BNO3/c14-5-12-13-4-8-6-1-2-7(3-6)9(8)10(13)11(15)16/h5-10H,1-4H2,(H,15,16). The molecule has 0 amide bonds. The molecule has 5 unspecified atom stereocenters. The van der Waals surface area contributed by atoms with E-state index >= 15 is 0 Å². The highest BCUT2D eigenvalue weighted by Gasteiger charge is 2.57. The fraction of sp³-hybridized carbons (Fsp3) is 0.818. The number of carboxylic acid groups (broad SMARTS) is 1. The lowest BCUT2D eigenvalue weighted by Gasteiger charge is -2.27. The molecule has 3 aliphatic rings. The summed E-state index contributed by atoms with van der Waals surface area (Å²) >= 11 is 0. The molecule has 4 nitrogen and oxygen atoms in total. The van der Waals surface area contributed by atoms with Crippen LogP contribution in [0.15, 0.2) is 0 Å².